The van der Waals surface area contributed by atoms with Crippen LogP contribution in [0.25, 0.3) is 59.5 Å². The number of para-hydroxylation sites is 2. The third-order valence-electron chi connectivity index (χ3n) is 8.79. The first-order valence-electron chi connectivity index (χ1n) is 18.8. The molecule has 259 valence electrons. The molecule has 8 aromatic rings. The molecule has 1 radical (unpaired) electrons. The molecule has 0 aliphatic carbocycles. The van der Waals surface area contributed by atoms with E-state index in [0.717, 1.165) is 56.3 Å². The molecule has 7 heteroatoms. The van der Waals surface area contributed by atoms with Crippen LogP contribution in [0.1, 0.15) is 47.7 Å². The average Bonchev–Trinajstić information content (AvgIpc) is 3.69. The normalized spacial score (nSPS) is 13.2. The van der Waals surface area contributed by atoms with Crippen molar-refractivity contribution in [2.24, 2.45) is 0 Å². The predicted molar refractivity (Wildman–Crippen MR) is 216 cm³/mol. The minimum absolute atomic E-state index is 0. The molecule has 4 aromatic heterocycles. The van der Waals surface area contributed by atoms with Crippen molar-refractivity contribution in [2.45, 2.75) is 60.1 Å². The van der Waals surface area contributed by atoms with E-state index in [9.17, 15) is 0 Å². The maximum atomic E-state index is 8.48. The Hall–Kier alpha value is -4.26. The van der Waals surface area contributed by atoms with Crippen LogP contribution in [0.15, 0.2) is 103 Å². The second-order valence-electron chi connectivity index (χ2n) is 13.9. The number of hydrogen-bond donors (Lipinski definition) is 0. The molecule has 0 saturated carbocycles. The van der Waals surface area contributed by atoms with E-state index in [-0.39, 0.29) is 25.7 Å². The van der Waals surface area contributed by atoms with Gasteiger partial charge in [-0.2, -0.15) is 11.3 Å². The Morgan fingerprint density at radius 1 is 0.863 bits per heavy atom. The van der Waals surface area contributed by atoms with Gasteiger partial charge in [-0.3, -0.25) is 9.97 Å². The smallest absolute Gasteiger partial charge is 0.0799 e. The summed E-state index contributed by atoms with van der Waals surface area (Å²) < 4.78 is 35.5. The maximum Gasteiger partial charge on any atom is 0.0799 e. The van der Waals surface area contributed by atoms with Crippen molar-refractivity contribution in [3.63, 3.8) is 0 Å². The van der Waals surface area contributed by atoms with Gasteiger partial charge in [-0.25, -0.2) is 0 Å². The molecule has 0 bridgehead atoms. The number of nitrogens with zero attached hydrogens (tertiary/aromatic N) is 4. The van der Waals surface area contributed by atoms with Gasteiger partial charge in [-0.15, -0.1) is 53.6 Å². The Kier molecular flexibility index (Phi) is 9.11. The van der Waals surface area contributed by atoms with E-state index in [2.05, 4.69) is 107 Å². The molecule has 0 aliphatic rings. The molecule has 4 nitrogen and oxygen atoms in total. The van der Waals surface area contributed by atoms with E-state index in [1.54, 1.807) is 23.5 Å². The van der Waals surface area contributed by atoms with Crippen LogP contribution in [-0.2, 0) is 20.1 Å². The van der Waals surface area contributed by atoms with Crippen LogP contribution in [0, 0.1) is 32.8 Å². The number of fused-ring (bicyclic) bond motifs is 4. The van der Waals surface area contributed by atoms with E-state index in [0.29, 0.717) is 0 Å². The van der Waals surface area contributed by atoms with E-state index in [4.69, 9.17) is 10.5 Å². The summed E-state index contributed by atoms with van der Waals surface area (Å²) in [6, 6.07) is 38.6. The summed E-state index contributed by atoms with van der Waals surface area (Å²) >= 11 is 1.81. The Morgan fingerprint density at radius 2 is 1.61 bits per heavy atom. The Bertz CT molecular complexity index is 2630. The summed E-state index contributed by atoms with van der Waals surface area (Å²) in [6.45, 7) is 12.5. The van der Waals surface area contributed by atoms with Crippen LogP contribution in [0.5, 0.6) is 0 Å². The maximum absolute atomic E-state index is 8.48. The van der Waals surface area contributed by atoms with E-state index in [1.807, 2.05) is 52.1 Å². The number of rotatable bonds is 5. The molecule has 0 saturated heterocycles. The second kappa shape index (κ2) is 14.8. The van der Waals surface area contributed by atoms with Crippen LogP contribution in [0.4, 0.5) is 0 Å². The molecule has 0 spiro atoms. The summed E-state index contributed by atoms with van der Waals surface area (Å²) in [5, 5.41) is 3.72. The SMILES string of the molecule is Cc1cc(-n2c(-c3[c-]ccc4c3sc3ccccc34)nc3ccccc32)cc(C)n1.[2H]C([2H])([2H])c1c[c-]c(-c2cc(C([2H])(C)C)c([Si](C)(C)C)cn2)cc1.[Ir]. The predicted octanol–water partition coefficient (Wildman–Crippen LogP) is 11.4. The average molecular weight is 883 g/mol. The minimum atomic E-state index is -2.13. The van der Waals surface area contributed by atoms with E-state index >= 15 is 0 Å². The van der Waals surface area contributed by atoms with Gasteiger partial charge in [0.2, 0.25) is 0 Å². The molecule has 0 N–H and O–H groups in total. The molecule has 0 amide bonds. The van der Waals surface area contributed by atoms with Gasteiger partial charge in [0, 0.05) is 53.6 Å². The Morgan fingerprint density at radius 3 is 2.31 bits per heavy atom. The third kappa shape index (κ3) is 7.40. The molecular weight excluding hydrogens is 837 g/mol. The standard InChI is InChI=1S/C26H18N3S.C18H24NSi.Ir/c1-16-14-18(15-17(2)27-16)29-23-12-5-4-11-22(23)28-26(29)21-10-7-9-20-19-8-3-6-13-24(19)30-25(20)21;1-13(2)16-11-17(15-9-7-14(3)8-10-15)19-12-18(16)20(4,5)6;/h3-9,11-15H,1-2H3;7-9,11-13H,1-6H3;/q2*-1;/i;3D3,13D;. The van der Waals surface area contributed by atoms with Crippen LogP contribution >= 0.6 is 11.3 Å². The summed E-state index contributed by atoms with van der Waals surface area (Å²) in [5.74, 6) is 0.199. The fourth-order valence-electron chi connectivity index (χ4n) is 6.45. The van der Waals surface area contributed by atoms with Gasteiger partial charge in [0.1, 0.15) is 0 Å². The van der Waals surface area contributed by atoms with Gasteiger partial charge < -0.3 is 9.55 Å². The van der Waals surface area contributed by atoms with Gasteiger partial charge in [-0.1, -0.05) is 93.3 Å². The molecule has 8 rings (SSSR count). The summed E-state index contributed by atoms with van der Waals surface area (Å²) in [7, 11) is -1.61. The van der Waals surface area contributed by atoms with Crippen LogP contribution < -0.4 is 5.19 Å². The number of imidazole rings is 1. The number of pyridine rings is 2. The zero-order chi connectivity index (χ0) is 38.6. The minimum Gasteiger partial charge on any atom is -0.333 e. The molecule has 0 unspecified atom stereocenters. The molecule has 4 heterocycles. The van der Waals surface area contributed by atoms with Crippen molar-refractivity contribution < 1.29 is 25.6 Å². The molecule has 0 atom stereocenters. The molecular formula is C44H42IrN4SSi-2. The Labute approximate surface area is 325 Å². The summed E-state index contributed by atoms with van der Waals surface area (Å²) in [4.78, 5) is 14.2. The van der Waals surface area contributed by atoms with Crippen molar-refractivity contribution in [3.05, 3.63) is 138 Å². The number of thiophene rings is 1. The quantitative estimate of drug-likeness (QED) is 0.128. The van der Waals surface area contributed by atoms with Crippen molar-refractivity contribution in [1.29, 1.82) is 0 Å². The third-order valence-corrected chi connectivity index (χ3v) is 12.0. The van der Waals surface area contributed by atoms with Crippen molar-refractivity contribution in [2.75, 3.05) is 0 Å². The Balaban J connectivity index is 0.000000189. The summed E-state index contributed by atoms with van der Waals surface area (Å²) in [6.07, 6.45) is 1.89. The molecule has 51 heavy (non-hydrogen) atoms. The fraction of sp³-hybridized carbons (Fsp3) is 0.205. The van der Waals surface area contributed by atoms with E-state index in [1.165, 1.54) is 31.4 Å². The van der Waals surface area contributed by atoms with Gasteiger partial charge in [-0.05, 0) is 71.0 Å². The monoisotopic (exact) mass is 883 g/mol. The van der Waals surface area contributed by atoms with E-state index < -0.39 is 20.8 Å². The molecule has 4 aromatic carbocycles. The van der Waals surface area contributed by atoms with Gasteiger partial charge in [0.15, 0.2) is 0 Å². The first-order valence-corrected chi connectivity index (χ1v) is 21.1. The van der Waals surface area contributed by atoms with Crippen LogP contribution in [-0.4, -0.2) is 27.6 Å². The number of aromatic nitrogens is 4. The van der Waals surface area contributed by atoms with Crippen molar-refractivity contribution in [3.8, 4) is 28.3 Å². The first-order chi connectivity index (χ1) is 25.5. The number of aryl methyl sites for hydroxylation is 3. The topological polar surface area (TPSA) is 43.6 Å². The van der Waals surface area contributed by atoms with Crippen molar-refractivity contribution in [1.82, 2.24) is 19.5 Å². The van der Waals surface area contributed by atoms with Gasteiger partial charge in [0.05, 0.1) is 24.9 Å². The second-order valence-corrected chi connectivity index (χ2v) is 20.0. The largest absolute Gasteiger partial charge is 0.333 e. The molecule has 0 fully saturated rings. The number of benzene rings is 4. The van der Waals surface area contributed by atoms with Gasteiger partial charge in [0.25, 0.3) is 0 Å². The zero-order valence-electron chi connectivity index (χ0n) is 33.8. The molecule has 0 aliphatic heterocycles. The fourth-order valence-corrected chi connectivity index (χ4v) is 9.23. The van der Waals surface area contributed by atoms with Gasteiger partial charge >= 0.3 is 0 Å². The summed E-state index contributed by atoms with van der Waals surface area (Å²) in [5.41, 5.74) is 8.91. The van der Waals surface area contributed by atoms with Crippen molar-refractivity contribution >= 4 is 55.8 Å². The van der Waals surface area contributed by atoms with Crippen LogP contribution in [0.3, 0.4) is 0 Å². The van der Waals surface area contributed by atoms with Crippen LogP contribution in [0.2, 0.25) is 19.6 Å². The zero-order valence-corrected chi connectivity index (χ0v) is 34.1. The first kappa shape index (κ1) is 31.5. The number of hydrogen-bond acceptors (Lipinski definition) is 4.